The van der Waals surface area contributed by atoms with E-state index in [0.29, 0.717) is 35.9 Å². The fraction of sp³-hybridized carbons (Fsp3) is 0.478. The van der Waals surface area contributed by atoms with Crippen molar-refractivity contribution in [3.8, 4) is 0 Å². The molecule has 3 aromatic rings. The van der Waals surface area contributed by atoms with Crippen LogP contribution < -0.4 is 21.9 Å². The maximum absolute atomic E-state index is 13.6. The van der Waals surface area contributed by atoms with E-state index in [1.54, 1.807) is 13.2 Å². The second-order valence-electron chi connectivity index (χ2n) is 8.88. The van der Waals surface area contributed by atoms with E-state index < -0.39 is 5.69 Å². The molecule has 0 aromatic carbocycles. The fourth-order valence-electron chi connectivity index (χ4n) is 4.13. The molecule has 4 heterocycles. The molecule has 3 aromatic heterocycles. The summed E-state index contributed by atoms with van der Waals surface area (Å²) in [7, 11) is 1.66. The number of pyridine rings is 1. The Hall–Kier alpha value is -3.20. The van der Waals surface area contributed by atoms with Crippen LogP contribution in [0, 0.1) is 6.92 Å². The zero-order chi connectivity index (χ0) is 23.0. The highest BCUT2D eigenvalue weighted by atomic mass is 16.2. The number of nitrogens with two attached hydrogens (primary N) is 1. The van der Waals surface area contributed by atoms with Crippen molar-refractivity contribution in [3.05, 3.63) is 62.1 Å². The standard InChI is InChI=1S/C23H31N7O2/c1-15(2)9-11-29-19-20(26-22(29)28-10-5-6-17(24)13-28)27(4)23(32)30(21(19)31)14-18-8-7-16(3)12-25-18/h7-9,12,17H,5-6,10-11,13-14,24H2,1-4H3. The van der Waals surface area contributed by atoms with E-state index >= 15 is 0 Å². The zero-order valence-corrected chi connectivity index (χ0v) is 19.2. The molecule has 1 aliphatic rings. The Morgan fingerprint density at radius 1 is 1.25 bits per heavy atom. The van der Waals surface area contributed by atoms with Crippen molar-refractivity contribution in [1.29, 1.82) is 0 Å². The third kappa shape index (κ3) is 4.12. The van der Waals surface area contributed by atoms with Crippen molar-refractivity contribution in [1.82, 2.24) is 23.7 Å². The molecule has 2 N–H and O–H groups in total. The normalized spacial score (nSPS) is 16.5. The molecule has 9 nitrogen and oxygen atoms in total. The van der Waals surface area contributed by atoms with Crippen LogP contribution in [0.15, 0.2) is 39.6 Å². The summed E-state index contributed by atoms with van der Waals surface area (Å²) in [4.78, 5) is 38.0. The molecule has 170 valence electrons. The highest BCUT2D eigenvalue weighted by molar-refractivity contribution is 5.74. The maximum Gasteiger partial charge on any atom is 0.332 e. The van der Waals surface area contributed by atoms with Crippen molar-refractivity contribution in [2.45, 2.75) is 52.7 Å². The molecule has 4 rings (SSSR count). The van der Waals surface area contributed by atoms with Crippen LogP contribution in [0.1, 0.15) is 37.9 Å². The van der Waals surface area contributed by atoms with Crippen LogP contribution in [0.25, 0.3) is 11.2 Å². The number of aryl methyl sites for hydroxylation is 2. The molecule has 1 aliphatic heterocycles. The summed E-state index contributed by atoms with van der Waals surface area (Å²) in [5, 5.41) is 0. The van der Waals surface area contributed by atoms with Crippen LogP contribution >= 0.6 is 0 Å². The lowest BCUT2D eigenvalue weighted by molar-refractivity contribution is 0.495. The van der Waals surface area contributed by atoms with Gasteiger partial charge in [0.25, 0.3) is 5.56 Å². The van der Waals surface area contributed by atoms with Crippen LogP contribution in [0.5, 0.6) is 0 Å². The summed E-state index contributed by atoms with van der Waals surface area (Å²) < 4.78 is 4.62. The zero-order valence-electron chi connectivity index (χ0n) is 19.2. The molecular weight excluding hydrogens is 406 g/mol. The second kappa shape index (κ2) is 8.74. The average Bonchev–Trinajstić information content (AvgIpc) is 3.15. The Kier molecular flexibility index (Phi) is 6.01. The smallest absolute Gasteiger partial charge is 0.332 e. The van der Waals surface area contributed by atoms with Crippen molar-refractivity contribution < 1.29 is 0 Å². The van der Waals surface area contributed by atoms with Gasteiger partial charge in [-0.25, -0.2) is 4.79 Å². The van der Waals surface area contributed by atoms with E-state index in [2.05, 4.69) is 16.0 Å². The van der Waals surface area contributed by atoms with Gasteiger partial charge in [0, 0.05) is 38.9 Å². The number of fused-ring (bicyclic) bond motifs is 1. The number of hydrogen-bond acceptors (Lipinski definition) is 6. The van der Waals surface area contributed by atoms with E-state index in [-0.39, 0.29) is 18.1 Å². The van der Waals surface area contributed by atoms with Crippen LogP contribution in [0.4, 0.5) is 5.95 Å². The summed E-state index contributed by atoms with van der Waals surface area (Å²) >= 11 is 0. The average molecular weight is 438 g/mol. The van der Waals surface area contributed by atoms with Gasteiger partial charge in [0.15, 0.2) is 11.2 Å². The van der Waals surface area contributed by atoms with Gasteiger partial charge in [0.1, 0.15) is 0 Å². The minimum absolute atomic E-state index is 0.0635. The number of piperidine rings is 1. The molecule has 1 fully saturated rings. The number of imidazole rings is 1. The third-order valence-corrected chi connectivity index (χ3v) is 5.93. The second-order valence-corrected chi connectivity index (χ2v) is 8.88. The molecule has 9 heteroatoms. The number of aromatic nitrogens is 5. The Bertz CT molecular complexity index is 1280. The Labute approximate surface area is 186 Å². The molecular formula is C23H31N7O2. The van der Waals surface area contributed by atoms with E-state index in [1.807, 2.05) is 37.5 Å². The SMILES string of the molecule is CC(C)=CCn1c(N2CCCC(N)C2)nc2c1c(=O)n(Cc1ccc(C)cn1)c(=O)n2C. The highest BCUT2D eigenvalue weighted by Crippen LogP contribution is 2.23. The van der Waals surface area contributed by atoms with Gasteiger partial charge in [-0.2, -0.15) is 4.98 Å². The fourth-order valence-corrected chi connectivity index (χ4v) is 4.13. The summed E-state index contributed by atoms with van der Waals surface area (Å²) in [6, 6.07) is 3.83. The molecule has 0 spiro atoms. The lowest BCUT2D eigenvalue weighted by Crippen LogP contribution is -2.44. The lowest BCUT2D eigenvalue weighted by Gasteiger charge is -2.31. The first-order valence-electron chi connectivity index (χ1n) is 11.0. The van der Waals surface area contributed by atoms with Gasteiger partial charge < -0.3 is 15.2 Å². The molecule has 32 heavy (non-hydrogen) atoms. The minimum atomic E-state index is -0.404. The van der Waals surface area contributed by atoms with Crippen molar-refractivity contribution in [2.24, 2.45) is 12.8 Å². The molecule has 0 aliphatic carbocycles. The molecule has 1 unspecified atom stereocenters. The number of rotatable bonds is 5. The molecule has 1 atom stereocenters. The topological polar surface area (TPSA) is 104 Å². The third-order valence-electron chi connectivity index (χ3n) is 5.93. The first-order chi connectivity index (χ1) is 15.3. The summed E-state index contributed by atoms with van der Waals surface area (Å²) in [6.07, 6.45) is 5.74. The number of anilines is 1. The van der Waals surface area contributed by atoms with Gasteiger partial charge >= 0.3 is 5.69 Å². The Morgan fingerprint density at radius 3 is 2.69 bits per heavy atom. The predicted octanol–water partition coefficient (Wildman–Crippen LogP) is 1.54. The quantitative estimate of drug-likeness (QED) is 0.607. The van der Waals surface area contributed by atoms with E-state index in [9.17, 15) is 9.59 Å². The van der Waals surface area contributed by atoms with Gasteiger partial charge in [-0.15, -0.1) is 0 Å². The Morgan fingerprint density at radius 2 is 2.03 bits per heavy atom. The van der Waals surface area contributed by atoms with Gasteiger partial charge in [0.2, 0.25) is 5.95 Å². The highest BCUT2D eigenvalue weighted by Gasteiger charge is 2.26. The number of allylic oxidation sites excluding steroid dienone is 2. The molecule has 0 saturated carbocycles. The monoisotopic (exact) mass is 437 g/mol. The maximum atomic E-state index is 13.6. The largest absolute Gasteiger partial charge is 0.341 e. The molecule has 0 radical (unpaired) electrons. The first-order valence-corrected chi connectivity index (χ1v) is 11.0. The van der Waals surface area contributed by atoms with Gasteiger partial charge in [-0.1, -0.05) is 17.7 Å². The van der Waals surface area contributed by atoms with Crippen LogP contribution in [-0.4, -0.2) is 42.8 Å². The summed E-state index contributed by atoms with van der Waals surface area (Å²) in [5.74, 6) is 0.686. The molecule has 0 amide bonds. The Balaban J connectivity index is 1.92. The molecule has 0 bridgehead atoms. The predicted molar refractivity (Wildman–Crippen MR) is 126 cm³/mol. The van der Waals surface area contributed by atoms with E-state index in [1.165, 1.54) is 9.13 Å². The van der Waals surface area contributed by atoms with Crippen molar-refractivity contribution in [3.63, 3.8) is 0 Å². The van der Waals surface area contributed by atoms with E-state index in [0.717, 1.165) is 30.5 Å². The van der Waals surface area contributed by atoms with Gasteiger partial charge in [-0.05, 0) is 45.2 Å². The van der Waals surface area contributed by atoms with Gasteiger partial charge in [0.05, 0.1) is 12.2 Å². The lowest BCUT2D eigenvalue weighted by atomic mass is 10.1. The number of hydrogen-bond donors (Lipinski definition) is 1. The number of nitrogens with zero attached hydrogens (tertiary/aromatic N) is 6. The summed E-state index contributed by atoms with van der Waals surface area (Å²) in [5.41, 5.74) is 9.09. The first kappa shape index (κ1) is 22.0. The van der Waals surface area contributed by atoms with Crippen molar-refractivity contribution in [2.75, 3.05) is 18.0 Å². The van der Waals surface area contributed by atoms with Crippen LogP contribution in [0.2, 0.25) is 0 Å². The van der Waals surface area contributed by atoms with Gasteiger partial charge in [-0.3, -0.25) is 18.9 Å². The van der Waals surface area contributed by atoms with E-state index in [4.69, 9.17) is 10.7 Å². The summed E-state index contributed by atoms with van der Waals surface area (Å²) in [6.45, 7) is 8.09. The van der Waals surface area contributed by atoms with Crippen LogP contribution in [0.3, 0.4) is 0 Å². The van der Waals surface area contributed by atoms with Crippen molar-refractivity contribution >= 4 is 17.1 Å². The minimum Gasteiger partial charge on any atom is -0.341 e. The molecule has 1 saturated heterocycles. The van der Waals surface area contributed by atoms with Crippen LogP contribution in [-0.2, 0) is 20.1 Å².